The first kappa shape index (κ1) is 18.9. The molecule has 0 heterocycles. The molecule has 0 atom stereocenters. The van der Waals surface area contributed by atoms with Crippen LogP contribution in [0.3, 0.4) is 0 Å². The lowest BCUT2D eigenvalue weighted by Gasteiger charge is -2.42. The quantitative estimate of drug-likeness (QED) is 0.591. The molecule has 1 saturated carbocycles. The SMILES string of the molecule is CCCNCC1(CN(CCC)CCN(C)C)CCCCC1. The highest BCUT2D eigenvalue weighted by Crippen LogP contribution is 2.36. The third-order valence-electron chi connectivity index (χ3n) is 4.80. The van der Waals surface area contributed by atoms with Crippen LogP contribution < -0.4 is 5.32 Å². The van der Waals surface area contributed by atoms with Gasteiger partial charge >= 0.3 is 0 Å². The van der Waals surface area contributed by atoms with Gasteiger partial charge in [0, 0.05) is 26.2 Å². The van der Waals surface area contributed by atoms with Gasteiger partial charge in [-0.15, -0.1) is 0 Å². The second-order valence-corrected chi connectivity index (χ2v) is 7.32. The minimum Gasteiger partial charge on any atom is -0.316 e. The Balaban J connectivity index is 2.57. The summed E-state index contributed by atoms with van der Waals surface area (Å²) in [6.07, 6.45) is 9.67. The highest BCUT2D eigenvalue weighted by molar-refractivity contribution is 4.88. The molecule has 1 aliphatic carbocycles. The van der Waals surface area contributed by atoms with E-state index in [0.29, 0.717) is 5.41 Å². The molecule has 0 aromatic rings. The minimum atomic E-state index is 0.537. The van der Waals surface area contributed by atoms with E-state index in [1.54, 1.807) is 0 Å². The highest BCUT2D eigenvalue weighted by atomic mass is 15.2. The van der Waals surface area contributed by atoms with Crippen LogP contribution in [0.2, 0.25) is 0 Å². The van der Waals surface area contributed by atoms with Crippen molar-refractivity contribution < 1.29 is 0 Å². The molecular formula is C18H39N3. The maximum absolute atomic E-state index is 3.72. The van der Waals surface area contributed by atoms with Crippen molar-refractivity contribution >= 4 is 0 Å². The third kappa shape index (κ3) is 7.62. The lowest BCUT2D eigenvalue weighted by molar-refractivity contribution is 0.0973. The molecule has 1 rings (SSSR count). The zero-order valence-corrected chi connectivity index (χ0v) is 15.1. The summed E-state index contributed by atoms with van der Waals surface area (Å²) in [5.41, 5.74) is 0.537. The molecule has 0 saturated heterocycles. The summed E-state index contributed by atoms with van der Waals surface area (Å²) in [6, 6.07) is 0. The van der Waals surface area contributed by atoms with Crippen LogP contribution in [0.1, 0.15) is 58.8 Å². The summed E-state index contributed by atoms with van der Waals surface area (Å²) in [6.45, 7) is 11.9. The molecule has 0 aliphatic heterocycles. The van der Waals surface area contributed by atoms with Gasteiger partial charge in [-0.1, -0.05) is 33.1 Å². The van der Waals surface area contributed by atoms with E-state index in [4.69, 9.17) is 0 Å². The molecule has 21 heavy (non-hydrogen) atoms. The molecule has 1 N–H and O–H groups in total. The summed E-state index contributed by atoms with van der Waals surface area (Å²) in [4.78, 5) is 5.03. The lowest BCUT2D eigenvalue weighted by Crippen LogP contribution is -2.47. The van der Waals surface area contributed by atoms with Crippen molar-refractivity contribution in [3.05, 3.63) is 0 Å². The Hall–Kier alpha value is -0.120. The van der Waals surface area contributed by atoms with E-state index in [2.05, 4.69) is 43.1 Å². The zero-order chi connectivity index (χ0) is 15.6. The number of likely N-dealkylation sites (N-methyl/N-ethyl adjacent to an activating group) is 1. The van der Waals surface area contributed by atoms with E-state index < -0.39 is 0 Å². The number of nitrogens with zero attached hydrogens (tertiary/aromatic N) is 2. The van der Waals surface area contributed by atoms with E-state index in [-0.39, 0.29) is 0 Å². The van der Waals surface area contributed by atoms with Crippen LogP contribution >= 0.6 is 0 Å². The molecular weight excluding hydrogens is 258 g/mol. The van der Waals surface area contributed by atoms with Gasteiger partial charge < -0.3 is 15.1 Å². The van der Waals surface area contributed by atoms with Crippen LogP contribution in [-0.2, 0) is 0 Å². The molecule has 0 bridgehead atoms. The molecule has 3 nitrogen and oxygen atoms in total. The zero-order valence-electron chi connectivity index (χ0n) is 15.1. The standard InChI is InChI=1S/C18H39N3/c1-5-12-19-16-18(10-8-7-9-11-18)17-21(13-6-2)15-14-20(3)4/h19H,5-17H2,1-4H3. The van der Waals surface area contributed by atoms with E-state index in [1.165, 1.54) is 84.2 Å². The van der Waals surface area contributed by atoms with Gasteiger partial charge in [-0.2, -0.15) is 0 Å². The van der Waals surface area contributed by atoms with E-state index in [9.17, 15) is 0 Å². The maximum Gasteiger partial charge on any atom is 0.0109 e. The van der Waals surface area contributed by atoms with Crippen LogP contribution in [0, 0.1) is 5.41 Å². The van der Waals surface area contributed by atoms with E-state index in [0.717, 1.165) is 0 Å². The Bertz CT molecular complexity index is 247. The average Bonchev–Trinajstić information content (AvgIpc) is 2.46. The molecule has 0 aromatic carbocycles. The van der Waals surface area contributed by atoms with Gasteiger partial charge in [-0.3, -0.25) is 0 Å². The molecule has 126 valence electrons. The Morgan fingerprint density at radius 1 is 0.905 bits per heavy atom. The normalized spacial score (nSPS) is 18.6. The van der Waals surface area contributed by atoms with Crippen LogP contribution in [0.15, 0.2) is 0 Å². The first-order chi connectivity index (χ1) is 10.1. The van der Waals surface area contributed by atoms with Crippen molar-refractivity contribution in [1.29, 1.82) is 0 Å². The summed E-state index contributed by atoms with van der Waals surface area (Å²) in [7, 11) is 4.37. The Morgan fingerprint density at radius 3 is 2.19 bits per heavy atom. The van der Waals surface area contributed by atoms with Gasteiger partial charge in [-0.05, 0) is 58.3 Å². The van der Waals surface area contributed by atoms with Crippen molar-refractivity contribution in [1.82, 2.24) is 15.1 Å². The molecule has 0 radical (unpaired) electrons. The fourth-order valence-electron chi connectivity index (χ4n) is 3.62. The third-order valence-corrected chi connectivity index (χ3v) is 4.80. The van der Waals surface area contributed by atoms with Crippen LogP contribution in [-0.4, -0.2) is 63.2 Å². The Kier molecular flexibility index (Phi) is 9.54. The molecule has 0 amide bonds. The molecule has 0 aromatic heterocycles. The minimum absolute atomic E-state index is 0.537. The fraction of sp³-hybridized carbons (Fsp3) is 1.00. The van der Waals surface area contributed by atoms with Crippen LogP contribution in [0.25, 0.3) is 0 Å². The fourth-order valence-corrected chi connectivity index (χ4v) is 3.62. The maximum atomic E-state index is 3.72. The van der Waals surface area contributed by atoms with Crippen molar-refractivity contribution in [2.24, 2.45) is 5.41 Å². The van der Waals surface area contributed by atoms with Crippen molar-refractivity contribution in [2.75, 3.05) is 53.4 Å². The summed E-state index contributed by atoms with van der Waals surface area (Å²) in [5, 5.41) is 3.72. The molecule has 3 heteroatoms. The average molecular weight is 298 g/mol. The van der Waals surface area contributed by atoms with Gasteiger partial charge in [-0.25, -0.2) is 0 Å². The van der Waals surface area contributed by atoms with Gasteiger partial charge in [0.05, 0.1) is 0 Å². The number of hydrogen-bond acceptors (Lipinski definition) is 3. The van der Waals surface area contributed by atoms with Crippen LogP contribution in [0.4, 0.5) is 0 Å². The summed E-state index contributed by atoms with van der Waals surface area (Å²) < 4.78 is 0. The molecule has 0 spiro atoms. The predicted molar refractivity (Wildman–Crippen MR) is 94.0 cm³/mol. The molecule has 0 unspecified atom stereocenters. The predicted octanol–water partition coefficient (Wildman–Crippen LogP) is 3.21. The smallest absolute Gasteiger partial charge is 0.0109 e. The number of nitrogens with one attached hydrogen (secondary N) is 1. The largest absolute Gasteiger partial charge is 0.316 e. The highest BCUT2D eigenvalue weighted by Gasteiger charge is 2.33. The van der Waals surface area contributed by atoms with Gasteiger partial charge in [0.2, 0.25) is 0 Å². The van der Waals surface area contributed by atoms with Crippen LogP contribution in [0.5, 0.6) is 0 Å². The first-order valence-electron chi connectivity index (χ1n) is 9.19. The van der Waals surface area contributed by atoms with Crippen molar-refractivity contribution in [2.45, 2.75) is 58.8 Å². The summed E-state index contributed by atoms with van der Waals surface area (Å²) in [5.74, 6) is 0. The summed E-state index contributed by atoms with van der Waals surface area (Å²) >= 11 is 0. The van der Waals surface area contributed by atoms with Gasteiger partial charge in [0.15, 0.2) is 0 Å². The second-order valence-electron chi connectivity index (χ2n) is 7.32. The lowest BCUT2D eigenvalue weighted by atomic mass is 9.73. The Labute approximate surface area is 133 Å². The van der Waals surface area contributed by atoms with Gasteiger partial charge in [0.25, 0.3) is 0 Å². The first-order valence-corrected chi connectivity index (χ1v) is 9.19. The Morgan fingerprint density at radius 2 is 1.62 bits per heavy atom. The molecule has 1 fully saturated rings. The van der Waals surface area contributed by atoms with E-state index in [1.807, 2.05) is 0 Å². The monoisotopic (exact) mass is 297 g/mol. The van der Waals surface area contributed by atoms with Gasteiger partial charge in [0.1, 0.15) is 0 Å². The van der Waals surface area contributed by atoms with Crippen molar-refractivity contribution in [3.8, 4) is 0 Å². The van der Waals surface area contributed by atoms with E-state index >= 15 is 0 Å². The van der Waals surface area contributed by atoms with Crippen molar-refractivity contribution in [3.63, 3.8) is 0 Å². The topological polar surface area (TPSA) is 18.5 Å². The molecule has 1 aliphatic rings. The number of rotatable bonds is 11. The second kappa shape index (κ2) is 10.6. The number of hydrogen-bond donors (Lipinski definition) is 1.